The van der Waals surface area contributed by atoms with Crippen LogP contribution in [0.25, 0.3) is 10.8 Å². The molecule has 3 rings (SSSR count). The van der Waals surface area contributed by atoms with E-state index in [0.29, 0.717) is 12.8 Å². The third-order valence-corrected chi connectivity index (χ3v) is 7.28. The lowest BCUT2D eigenvalue weighted by atomic mass is 9.98. The van der Waals surface area contributed by atoms with Gasteiger partial charge >= 0.3 is 0 Å². The standard InChI is InChI=1S/C17H19ClO2S/c18-16(17-10-3-4-11-21(17,19)20)12-14-8-5-7-13-6-1-2-9-15(13)14/h1-2,5-9,16-17H,3-4,10-12H2. The second-order valence-corrected chi connectivity index (χ2v) is 8.66. The number of hydrogen-bond donors (Lipinski definition) is 0. The molecule has 2 atom stereocenters. The van der Waals surface area contributed by atoms with E-state index in [4.69, 9.17) is 11.6 Å². The zero-order valence-corrected chi connectivity index (χ0v) is 13.4. The zero-order valence-electron chi connectivity index (χ0n) is 11.8. The Hall–Kier alpha value is -1.06. The van der Waals surface area contributed by atoms with Crippen molar-refractivity contribution in [1.82, 2.24) is 0 Å². The molecule has 0 radical (unpaired) electrons. The topological polar surface area (TPSA) is 34.1 Å². The van der Waals surface area contributed by atoms with E-state index in [-0.39, 0.29) is 11.1 Å². The van der Waals surface area contributed by atoms with Crippen LogP contribution >= 0.6 is 11.6 Å². The van der Waals surface area contributed by atoms with Gasteiger partial charge in [0.2, 0.25) is 0 Å². The normalized spacial score (nSPS) is 23.0. The van der Waals surface area contributed by atoms with Crippen molar-refractivity contribution < 1.29 is 8.42 Å². The lowest BCUT2D eigenvalue weighted by Crippen LogP contribution is -2.36. The Morgan fingerprint density at radius 2 is 1.86 bits per heavy atom. The molecule has 1 fully saturated rings. The number of fused-ring (bicyclic) bond motifs is 1. The number of halogens is 1. The predicted molar refractivity (Wildman–Crippen MR) is 88.7 cm³/mol. The number of rotatable bonds is 3. The molecular weight excluding hydrogens is 304 g/mol. The maximum absolute atomic E-state index is 12.2. The minimum absolute atomic E-state index is 0.288. The monoisotopic (exact) mass is 322 g/mol. The first kappa shape index (κ1) is 14.9. The van der Waals surface area contributed by atoms with Gasteiger partial charge in [-0.1, -0.05) is 48.9 Å². The van der Waals surface area contributed by atoms with E-state index < -0.39 is 15.1 Å². The summed E-state index contributed by atoms with van der Waals surface area (Å²) in [4.78, 5) is 0. The summed E-state index contributed by atoms with van der Waals surface area (Å²) < 4.78 is 24.4. The molecule has 0 N–H and O–H groups in total. The molecule has 0 spiro atoms. The summed E-state index contributed by atoms with van der Waals surface area (Å²) >= 11 is 6.50. The number of sulfone groups is 1. The SMILES string of the molecule is O=S1(=O)CCCCC1C(Cl)Cc1cccc2ccccc12. The van der Waals surface area contributed by atoms with Crippen molar-refractivity contribution in [3.8, 4) is 0 Å². The third kappa shape index (κ3) is 3.09. The van der Waals surface area contributed by atoms with Gasteiger partial charge < -0.3 is 0 Å². The Balaban J connectivity index is 1.88. The Morgan fingerprint density at radius 1 is 1.10 bits per heavy atom. The van der Waals surface area contributed by atoms with Crippen LogP contribution in [0.1, 0.15) is 24.8 Å². The van der Waals surface area contributed by atoms with Gasteiger partial charge in [0, 0.05) is 0 Å². The average Bonchev–Trinajstić information content (AvgIpc) is 2.47. The molecule has 1 heterocycles. The summed E-state index contributed by atoms with van der Waals surface area (Å²) in [5.74, 6) is 0.288. The van der Waals surface area contributed by atoms with Crippen molar-refractivity contribution in [3.05, 3.63) is 48.0 Å². The van der Waals surface area contributed by atoms with Gasteiger partial charge in [-0.15, -0.1) is 11.6 Å². The summed E-state index contributed by atoms with van der Waals surface area (Å²) in [6, 6.07) is 14.3. The highest BCUT2D eigenvalue weighted by Gasteiger charge is 2.34. The van der Waals surface area contributed by atoms with Gasteiger partial charge in [-0.2, -0.15) is 0 Å². The first-order valence-corrected chi connectivity index (χ1v) is 9.55. The van der Waals surface area contributed by atoms with E-state index in [1.807, 2.05) is 24.3 Å². The molecule has 2 aromatic carbocycles. The molecule has 0 saturated carbocycles. The van der Waals surface area contributed by atoms with Crippen LogP contribution in [-0.4, -0.2) is 24.8 Å². The Morgan fingerprint density at radius 3 is 2.67 bits per heavy atom. The smallest absolute Gasteiger partial charge is 0.154 e. The maximum atomic E-state index is 12.2. The van der Waals surface area contributed by atoms with Crippen LogP contribution in [0.5, 0.6) is 0 Å². The molecule has 2 aromatic rings. The van der Waals surface area contributed by atoms with Gasteiger partial charge in [0.25, 0.3) is 0 Å². The summed E-state index contributed by atoms with van der Waals surface area (Å²) in [5.41, 5.74) is 1.13. The Bertz CT molecular complexity index is 734. The van der Waals surface area contributed by atoms with Gasteiger partial charge in [0.15, 0.2) is 9.84 Å². The molecule has 112 valence electrons. The van der Waals surface area contributed by atoms with Crippen molar-refractivity contribution in [2.75, 3.05) is 5.75 Å². The lowest BCUT2D eigenvalue weighted by Gasteiger charge is -2.26. The Labute approximate surface area is 131 Å². The first-order valence-electron chi connectivity index (χ1n) is 7.40. The molecule has 0 bridgehead atoms. The van der Waals surface area contributed by atoms with E-state index in [1.165, 1.54) is 10.8 Å². The molecule has 2 unspecified atom stereocenters. The summed E-state index contributed by atoms with van der Waals surface area (Å²) in [5, 5.41) is 1.59. The summed E-state index contributed by atoms with van der Waals surface area (Å²) in [6.45, 7) is 0. The Kier molecular flexibility index (Phi) is 4.23. The molecule has 0 aromatic heterocycles. The largest absolute Gasteiger partial charge is 0.228 e. The number of alkyl halides is 1. The quantitative estimate of drug-likeness (QED) is 0.802. The minimum Gasteiger partial charge on any atom is -0.228 e. The molecule has 1 aliphatic rings. The van der Waals surface area contributed by atoms with Crippen LogP contribution in [0.15, 0.2) is 42.5 Å². The predicted octanol–water partition coefficient (Wildman–Crippen LogP) is 3.96. The highest BCUT2D eigenvalue weighted by molar-refractivity contribution is 7.92. The molecular formula is C17H19ClO2S. The second-order valence-electron chi connectivity index (χ2n) is 5.76. The molecule has 21 heavy (non-hydrogen) atoms. The molecule has 2 nitrogen and oxygen atoms in total. The fourth-order valence-electron chi connectivity index (χ4n) is 3.20. The van der Waals surface area contributed by atoms with Crippen LogP contribution in [0.3, 0.4) is 0 Å². The molecule has 0 aliphatic carbocycles. The van der Waals surface area contributed by atoms with Crippen molar-refractivity contribution in [2.24, 2.45) is 0 Å². The van der Waals surface area contributed by atoms with Gasteiger partial charge in [0.1, 0.15) is 0 Å². The fraction of sp³-hybridized carbons (Fsp3) is 0.412. The molecule has 0 amide bonds. The molecule has 1 aliphatic heterocycles. The van der Waals surface area contributed by atoms with Gasteiger partial charge in [-0.05, 0) is 35.6 Å². The van der Waals surface area contributed by atoms with Gasteiger partial charge in [-0.3, -0.25) is 0 Å². The highest BCUT2D eigenvalue weighted by atomic mass is 35.5. The van der Waals surface area contributed by atoms with E-state index >= 15 is 0 Å². The van der Waals surface area contributed by atoms with Crippen LogP contribution in [0, 0.1) is 0 Å². The third-order valence-electron chi connectivity index (χ3n) is 4.33. The van der Waals surface area contributed by atoms with Gasteiger partial charge in [-0.25, -0.2) is 8.42 Å². The van der Waals surface area contributed by atoms with Crippen molar-refractivity contribution in [3.63, 3.8) is 0 Å². The van der Waals surface area contributed by atoms with Crippen molar-refractivity contribution in [1.29, 1.82) is 0 Å². The lowest BCUT2D eigenvalue weighted by molar-refractivity contribution is 0.529. The van der Waals surface area contributed by atoms with Crippen molar-refractivity contribution >= 4 is 32.2 Å². The zero-order chi connectivity index (χ0) is 14.9. The van der Waals surface area contributed by atoms with E-state index in [2.05, 4.69) is 18.2 Å². The number of benzene rings is 2. The van der Waals surface area contributed by atoms with E-state index in [0.717, 1.165) is 18.4 Å². The maximum Gasteiger partial charge on any atom is 0.154 e. The molecule has 4 heteroatoms. The molecule has 1 saturated heterocycles. The summed E-state index contributed by atoms with van der Waals surface area (Å²) in [7, 11) is -3.03. The van der Waals surface area contributed by atoms with Gasteiger partial charge in [0.05, 0.1) is 16.4 Å². The van der Waals surface area contributed by atoms with E-state index in [9.17, 15) is 8.42 Å². The first-order chi connectivity index (χ1) is 10.1. The minimum atomic E-state index is -3.03. The average molecular weight is 323 g/mol. The highest BCUT2D eigenvalue weighted by Crippen LogP contribution is 2.29. The number of hydrogen-bond acceptors (Lipinski definition) is 2. The van der Waals surface area contributed by atoms with Crippen LogP contribution in [-0.2, 0) is 16.3 Å². The van der Waals surface area contributed by atoms with E-state index in [1.54, 1.807) is 0 Å². The van der Waals surface area contributed by atoms with Crippen LogP contribution < -0.4 is 0 Å². The van der Waals surface area contributed by atoms with Crippen molar-refractivity contribution in [2.45, 2.75) is 36.3 Å². The fourth-order valence-corrected chi connectivity index (χ4v) is 5.94. The van der Waals surface area contributed by atoms with Crippen LogP contribution in [0.4, 0.5) is 0 Å². The second kappa shape index (κ2) is 5.98. The summed E-state index contributed by atoms with van der Waals surface area (Å²) in [6.07, 6.45) is 3.04. The van der Waals surface area contributed by atoms with Crippen LogP contribution in [0.2, 0.25) is 0 Å².